The smallest absolute Gasteiger partial charge is 0.226 e. The second-order valence-electron chi connectivity index (χ2n) is 8.64. The van der Waals surface area contributed by atoms with Crippen molar-refractivity contribution >= 4 is 22.9 Å². The number of pyridine rings is 2. The van der Waals surface area contributed by atoms with E-state index in [2.05, 4.69) is 36.2 Å². The number of rotatable bonds is 8. The van der Waals surface area contributed by atoms with Gasteiger partial charge in [-0.1, -0.05) is 25.0 Å². The highest BCUT2D eigenvalue weighted by Crippen LogP contribution is 2.33. The molecule has 1 saturated carbocycles. The van der Waals surface area contributed by atoms with E-state index >= 15 is 0 Å². The van der Waals surface area contributed by atoms with Crippen LogP contribution in [0.2, 0.25) is 0 Å². The first-order valence-electron chi connectivity index (χ1n) is 11.5. The lowest BCUT2D eigenvalue weighted by Crippen LogP contribution is -2.26. The minimum Gasteiger partial charge on any atom is -0.364 e. The van der Waals surface area contributed by atoms with Gasteiger partial charge < -0.3 is 20.9 Å². The molecule has 0 aliphatic heterocycles. The van der Waals surface area contributed by atoms with Crippen molar-refractivity contribution in [3.63, 3.8) is 0 Å². The van der Waals surface area contributed by atoms with Crippen molar-refractivity contribution in [2.45, 2.75) is 51.2 Å². The van der Waals surface area contributed by atoms with Gasteiger partial charge >= 0.3 is 0 Å². The van der Waals surface area contributed by atoms with Gasteiger partial charge in [-0.3, -0.25) is 9.97 Å². The number of hydrogen-bond acceptors (Lipinski definition) is 8. The maximum absolute atomic E-state index is 5.93. The summed E-state index contributed by atoms with van der Waals surface area (Å²) >= 11 is 0. The van der Waals surface area contributed by atoms with Crippen LogP contribution in [0.4, 0.5) is 11.8 Å². The second-order valence-corrected chi connectivity index (χ2v) is 8.64. The predicted molar refractivity (Wildman–Crippen MR) is 130 cm³/mol. The third kappa shape index (κ3) is 4.78. The van der Waals surface area contributed by atoms with Gasteiger partial charge in [0.05, 0.1) is 17.7 Å². The average Bonchev–Trinajstić information content (AvgIpc) is 3.52. The second kappa shape index (κ2) is 9.50. The van der Waals surface area contributed by atoms with Crippen LogP contribution in [0.1, 0.15) is 44.2 Å². The molecule has 4 aromatic rings. The lowest BCUT2D eigenvalue weighted by molar-refractivity contribution is 0.529. The van der Waals surface area contributed by atoms with Crippen LogP contribution in [0.5, 0.6) is 0 Å². The number of fused-ring (bicyclic) bond motifs is 1. The van der Waals surface area contributed by atoms with Gasteiger partial charge in [-0.25, -0.2) is 4.98 Å². The van der Waals surface area contributed by atoms with Crippen LogP contribution in [-0.2, 0) is 6.54 Å². The van der Waals surface area contributed by atoms with Crippen molar-refractivity contribution in [2.75, 3.05) is 17.2 Å². The Morgan fingerprint density at radius 3 is 2.61 bits per heavy atom. The molecule has 1 unspecified atom stereocenters. The summed E-state index contributed by atoms with van der Waals surface area (Å²) in [6.45, 7) is 3.13. The Morgan fingerprint density at radius 1 is 1.03 bits per heavy atom. The standard InChI is InChI=1S/C24H29N9/c1-16(25)12-29-24-31-22(21-23(32-24)33(15-30-21)18-6-2-3-7-18)28-14-17-9-10-20(27-13-17)19-8-4-5-11-26-19/h4-5,8-11,13,15-16,18H,2-3,6-7,12,14,25H2,1H3,(H2,28,29,31,32). The zero-order valence-electron chi connectivity index (χ0n) is 18.8. The van der Waals surface area contributed by atoms with Crippen molar-refractivity contribution in [3.05, 3.63) is 54.6 Å². The summed E-state index contributed by atoms with van der Waals surface area (Å²) in [5, 5.41) is 6.70. The number of imidazole rings is 1. The predicted octanol–water partition coefficient (Wildman–Crippen LogP) is 3.77. The van der Waals surface area contributed by atoms with E-state index in [0.29, 0.717) is 30.9 Å². The fourth-order valence-electron chi connectivity index (χ4n) is 4.20. The molecule has 1 atom stereocenters. The van der Waals surface area contributed by atoms with Gasteiger partial charge in [0.15, 0.2) is 17.0 Å². The summed E-state index contributed by atoms with van der Waals surface area (Å²) < 4.78 is 2.20. The summed E-state index contributed by atoms with van der Waals surface area (Å²) in [5.74, 6) is 1.27. The molecule has 0 bridgehead atoms. The number of hydrogen-bond donors (Lipinski definition) is 3. The van der Waals surface area contributed by atoms with Crippen LogP contribution >= 0.6 is 0 Å². The molecular weight excluding hydrogens is 414 g/mol. The maximum atomic E-state index is 5.93. The van der Waals surface area contributed by atoms with Gasteiger partial charge in [-0.15, -0.1) is 0 Å². The largest absolute Gasteiger partial charge is 0.364 e. The van der Waals surface area contributed by atoms with Crippen molar-refractivity contribution in [1.82, 2.24) is 29.5 Å². The van der Waals surface area contributed by atoms with Gasteiger partial charge in [0.1, 0.15) is 0 Å². The Morgan fingerprint density at radius 2 is 1.88 bits per heavy atom. The lowest BCUT2D eigenvalue weighted by atomic mass is 10.2. The molecule has 4 heterocycles. The molecule has 170 valence electrons. The molecule has 5 rings (SSSR count). The molecule has 0 saturated heterocycles. The van der Waals surface area contributed by atoms with E-state index in [4.69, 9.17) is 15.7 Å². The number of nitrogens with zero attached hydrogens (tertiary/aromatic N) is 6. The van der Waals surface area contributed by atoms with E-state index in [1.807, 2.05) is 43.7 Å². The molecule has 9 nitrogen and oxygen atoms in total. The fourth-order valence-corrected chi connectivity index (χ4v) is 4.20. The first-order chi connectivity index (χ1) is 16.2. The molecule has 0 spiro atoms. The highest BCUT2D eigenvalue weighted by atomic mass is 15.2. The van der Waals surface area contributed by atoms with Crippen LogP contribution in [-0.4, -0.2) is 42.1 Å². The molecule has 0 aromatic carbocycles. The van der Waals surface area contributed by atoms with E-state index in [1.165, 1.54) is 12.8 Å². The number of nitrogens with two attached hydrogens (primary N) is 1. The van der Waals surface area contributed by atoms with E-state index in [1.54, 1.807) is 6.20 Å². The minimum absolute atomic E-state index is 0.00384. The Bertz CT molecular complexity index is 1200. The van der Waals surface area contributed by atoms with Crippen LogP contribution < -0.4 is 16.4 Å². The van der Waals surface area contributed by atoms with Gasteiger partial charge in [0.25, 0.3) is 0 Å². The number of anilines is 2. The van der Waals surface area contributed by atoms with Gasteiger partial charge in [-0.2, -0.15) is 9.97 Å². The first kappa shape index (κ1) is 21.3. The van der Waals surface area contributed by atoms with Gasteiger partial charge in [0.2, 0.25) is 5.95 Å². The monoisotopic (exact) mass is 443 g/mol. The Kier molecular flexibility index (Phi) is 6.12. The van der Waals surface area contributed by atoms with E-state index in [-0.39, 0.29) is 6.04 Å². The Balaban J connectivity index is 1.39. The molecule has 9 heteroatoms. The van der Waals surface area contributed by atoms with Crippen LogP contribution in [0.15, 0.2) is 49.1 Å². The van der Waals surface area contributed by atoms with Gasteiger partial charge in [-0.05, 0) is 43.5 Å². The molecule has 33 heavy (non-hydrogen) atoms. The van der Waals surface area contributed by atoms with Crippen LogP contribution in [0.25, 0.3) is 22.6 Å². The topological polar surface area (TPSA) is 119 Å². The SMILES string of the molecule is CC(N)CNc1nc(NCc2ccc(-c3ccccn3)nc2)c2ncn(C3CCCC3)c2n1. The molecule has 1 aliphatic carbocycles. The number of aromatic nitrogens is 6. The molecular formula is C24H29N9. The summed E-state index contributed by atoms with van der Waals surface area (Å²) in [7, 11) is 0. The van der Waals surface area contributed by atoms with E-state index in [0.717, 1.165) is 41.0 Å². The summed E-state index contributed by atoms with van der Waals surface area (Å²) in [6, 6.07) is 10.3. The summed E-state index contributed by atoms with van der Waals surface area (Å²) in [5.41, 5.74) is 10.3. The first-order valence-corrected chi connectivity index (χ1v) is 11.5. The highest BCUT2D eigenvalue weighted by Gasteiger charge is 2.22. The van der Waals surface area contributed by atoms with Crippen LogP contribution in [0, 0.1) is 0 Å². The number of nitrogens with one attached hydrogen (secondary N) is 2. The van der Waals surface area contributed by atoms with Crippen molar-refractivity contribution in [3.8, 4) is 11.4 Å². The van der Waals surface area contributed by atoms with Crippen molar-refractivity contribution in [1.29, 1.82) is 0 Å². The van der Waals surface area contributed by atoms with Crippen molar-refractivity contribution < 1.29 is 0 Å². The summed E-state index contributed by atoms with van der Waals surface area (Å²) in [6.07, 6.45) is 10.4. The highest BCUT2D eigenvalue weighted by molar-refractivity contribution is 5.84. The van der Waals surface area contributed by atoms with E-state index < -0.39 is 0 Å². The molecule has 0 amide bonds. The van der Waals surface area contributed by atoms with Gasteiger partial charge in [0, 0.05) is 37.6 Å². The molecule has 1 fully saturated rings. The minimum atomic E-state index is 0.00384. The molecule has 0 radical (unpaired) electrons. The molecule has 4 N–H and O–H groups in total. The molecule has 1 aliphatic rings. The molecule has 4 aromatic heterocycles. The Labute approximate surface area is 192 Å². The van der Waals surface area contributed by atoms with E-state index in [9.17, 15) is 0 Å². The van der Waals surface area contributed by atoms with Crippen molar-refractivity contribution in [2.24, 2.45) is 5.73 Å². The normalized spacial score (nSPS) is 15.1. The van der Waals surface area contributed by atoms with Crippen LogP contribution in [0.3, 0.4) is 0 Å². The average molecular weight is 444 g/mol. The third-order valence-corrected chi connectivity index (χ3v) is 5.93. The fraction of sp³-hybridized carbons (Fsp3) is 0.375. The summed E-state index contributed by atoms with van der Waals surface area (Å²) in [4.78, 5) is 23.1. The quantitative estimate of drug-likeness (QED) is 0.376. The zero-order chi connectivity index (χ0) is 22.6. The zero-order valence-corrected chi connectivity index (χ0v) is 18.8. The lowest BCUT2D eigenvalue weighted by Gasteiger charge is -2.14. The Hall–Kier alpha value is -3.59. The third-order valence-electron chi connectivity index (χ3n) is 5.93. The maximum Gasteiger partial charge on any atom is 0.226 e.